The van der Waals surface area contributed by atoms with Gasteiger partial charge < -0.3 is 10.4 Å². The lowest BCUT2D eigenvalue weighted by atomic mass is 9.95. The van der Waals surface area contributed by atoms with Gasteiger partial charge in [0.1, 0.15) is 0 Å². The SMILES string of the molecule is OC1(CNc2nc3ccc(Cl)cn3n2)CCCCCC1. The quantitative estimate of drug-likeness (QED) is 0.855. The van der Waals surface area contributed by atoms with Crippen LogP contribution in [0.5, 0.6) is 0 Å². The fourth-order valence-corrected chi connectivity index (χ4v) is 2.90. The molecule has 1 fully saturated rings. The highest BCUT2D eigenvalue weighted by Gasteiger charge is 2.28. The molecule has 0 radical (unpaired) electrons. The first kappa shape index (κ1) is 13.6. The van der Waals surface area contributed by atoms with Gasteiger partial charge in [-0.3, -0.25) is 0 Å². The predicted molar refractivity (Wildman–Crippen MR) is 79.1 cm³/mol. The Labute approximate surface area is 123 Å². The summed E-state index contributed by atoms with van der Waals surface area (Å²) in [5.41, 5.74) is 0.107. The molecule has 108 valence electrons. The van der Waals surface area contributed by atoms with E-state index in [0.29, 0.717) is 17.5 Å². The van der Waals surface area contributed by atoms with Gasteiger partial charge in [-0.05, 0) is 25.0 Å². The lowest BCUT2D eigenvalue weighted by Crippen LogP contribution is -2.36. The van der Waals surface area contributed by atoms with E-state index in [4.69, 9.17) is 11.6 Å². The maximum atomic E-state index is 10.6. The van der Waals surface area contributed by atoms with Crippen molar-refractivity contribution in [3.05, 3.63) is 23.4 Å². The molecule has 2 N–H and O–H groups in total. The largest absolute Gasteiger partial charge is 0.388 e. The van der Waals surface area contributed by atoms with E-state index in [9.17, 15) is 5.11 Å². The number of hydrogen-bond acceptors (Lipinski definition) is 4. The molecule has 0 aliphatic heterocycles. The summed E-state index contributed by atoms with van der Waals surface area (Å²) in [6, 6.07) is 3.61. The molecule has 0 saturated heterocycles. The second-order valence-corrected chi connectivity index (χ2v) is 6.01. The number of hydrogen-bond donors (Lipinski definition) is 2. The normalized spacial score (nSPS) is 18.9. The number of anilines is 1. The maximum absolute atomic E-state index is 10.6. The van der Waals surface area contributed by atoms with Gasteiger partial charge in [0.25, 0.3) is 0 Å². The molecule has 0 atom stereocenters. The lowest BCUT2D eigenvalue weighted by molar-refractivity contribution is 0.0380. The number of halogens is 1. The number of nitrogens with one attached hydrogen (secondary N) is 1. The van der Waals surface area contributed by atoms with E-state index < -0.39 is 5.60 Å². The van der Waals surface area contributed by atoms with Gasteiger partial charge >= 0.3 is 0 Å². The molecule has 5 nitrogen and oxygen atoms in total. The molecule has 1 aliphatic rings. The summed E-state index contributed by atoms with van der Waals surface area (Å²) in [5, 5.41) is 18.7. The van der Waals surface area contributed by atoms with Gasteiger partial charge in [0.05, 0.1) is 10.6 Å². The molecule has 0 aromatic carbocycles. The Morgan fingerprint density at radius 1 is 1.25 bits per heavy atom. The van der Waals surface area contributed by atoms with E-state index in [1.807, 2.05) is 6.07 Å². The van der Waals surface area contributed by atoms with E-state index in [1.165, 1.54) is 12.8 Å². The van der Waals surface area contributed by atoms with Crippen LogP contribution in [0.25, 0.3) is 5.65 Å². The minimum absolute atomic E-state index is 0.498. The van der Waals surface area contributed by atoms with Gasteiger partial charge in [0.15, 0.2) is 5.65 Å². The standard InChI is InChI=1S/C14H19ClN4O/c15-11-5-6-12-17-13(18-19(12)9-11)16-10-14(20)7-3-1-2-4-8-14/h5-6,9,20H,1-4,7-8,10H2,(H,16,18). The van der Waals surface area contributed by atoms with Crippen LogP contribution in [-0.2, 0) is 0 Å². The van der Waals surface area contributed by atoms with Crippen molar-refractivity contribution in [2.45, 2.75) is 44.1 Å². The molecule has 2 aromatic rings. The summed E-state index contributed by atoms with van der Waals surface area (Å²) in [6.45, 7) is 0.498. The second kappa shape index (κ2) is 5.58. The first-order valence-electron chi connectivity index (χ1n) is 7.13. The maximum Gasteiger partial charge on any atom is 0.243 e. The second-order valence-electron chi connectivity index (χ2n) is 5.58. The highest BCUT2D eigenvalue weighted by molar-refractivity contribution is 6.30. The molecule has 2 aromatic heterocycles. The fourth-order valence-electron chi connectivity index (χ4n) is 2.74. The van der Waals surface area contributed by atoms with Gasteiger partial charge in [-0.15, -0.1) is 5.10 Å². The molecule has 6 heteroatoms. The Kier molecular flexibility index (Phi) is 3.81. The van der Waals surface area contributed by atoms with Gasteiger partial charge in [-0.1, -0.05) is 37.3 Å². The van der Waals surface area contributed by atoms with Crippen molar-refractivity contribution in [2.24, 2.45) is 0 Å². The minimum Gasteiger partial charge on any atom is -0.388 e. The molecule has 1 aliphatic carbocycles. The number of pyridine rings is 1. The number of aliphatic hydroxyl groups is 1. The molecule has 0 amide bonds. The Bertz CT molecular complexity index is 590. The van der Waals surface area contributed by atoms with Gasteiger partial charge in [0.2, 0.25) is 5.95 Å². The van der Waals surface area contributed by atoms with Crippen molar-refractivity contribution in [2.75, 3.05) is 11.9 Å². The van der Waals surface area contributed by atoms with E-state index in [1.54, 1.807) is 16.8 Å². The summed E-state index contributed by atoms with van der Waals surface area (Å²) < 4.78 is 1.64. The molecular weight excluding hydrogens is 276 g/mol. The Balaban J connectivity index is 1.69. The molecule has 2 heterocycles. The summed E-state index contributed by atoms with van der Waals surface area (Å²) in [7, 11) is 0. The van der Waals surface area contributed by atoms with Crippen LogP contribution in [0, 0.1) is 0 Å². The third kappa shape index (κ3) is 3.04. The first-order chi connectivity index (χ1) is 9.65. The van der Waals surface area contributed by atoms with Gasteiger partial charge in [-0.25, -0.2) is 4.52 Å². The van der Waals surface area contributed by atoms with Crippen molar-refractivity contribution in [1.82, 2.24) is 14.6 Å². The van der Waals surface area contributed by atoms with Crippen LogP contribution in [0.1, 0.15) is 38.5 Å². The topological polar surface area (TPSA) is 62.5 Å². The third-order valence-corrected chi connectivity index (χ3v) is 4.13. The molecule has 0 unspecified atom stereocenters. The zero-order chi connectivity index (χ0) is 14.0. The minimum atomic E-state index is -0.633. The van der Waals surface area contributed by atoms with Crippen LogP contribution < -0.4 is 5.32 Å². The monoisotopic (exact) mass is 294 g/mol. The fraction of sp³-hybridized carbons (Fsp3) is 0.571. The Morgan fingerprint density at radius 3 is 2.75 bits per heavy atom. The molecule has 0 bridgehead atoms. The third-order valence-electron chi connectivity index (χ3n) is 3.90. The van der Waals surface area contributed by atoms with E-state index in [-0.39, 0.29) is 0 Å². The zero-order valence-corrected chi connectivity index (χ0v) is 12.1. The Hall–Kier alpha value is -1.33. The van der Waals surface area contributed by atoms with Crippen molar-refractivity contribution in [3.8, 4) is 0 Å². The van der Waals surface area contributed by atoms with Crippen LogP contribution in [0.4, 0.5) is 5.95 Å². The van der Waals surface area contributed by atoms with E-state index in [0.717, 1.165) is 31.3 Å². The summed E-state index contributed by atoms with van der Waals surface area (Å²) in [5.74, 6) is 0.532. The molecule has 0 spiro atoms. The molecule has 20 heavy (non-hydrogen) atoms. The Morgan fingerprint density at radius 2 is 2.00 bits per heavy atom. The van der Waals surface area contributed by atoms with E-state index in [2.05, 4.69) is 15.4 Å². The smallest absolute Gasteiger partial charge is 0.243 e. The van der Waals surface area contributed by atoms with E-state index >= 15 is 0 Å². The average molecular weight is 295 g/mol. The summed E-state index contributed by atoms with van der Waals surface area (Å²) in [6.07, 6.45) is 8.02. The highest BCUT2D eigenvalue weighted by Crippen LogP contribution is 2.27. The lowest BCUT2D eigenvalue weighted by Gasteiger charge is -2.26. The van der Waals surface area contributed by atoms with Crippen molar-refractivity contribution in [3.63, 3.8) is 0 Å². The predicted octanol–water partition coefficient (Wildman–Crippen LogP) is 2.88. The number of fused-ring (bicyclic) bond motifs is 1. The number of nitrogens with zero attached hydrogens (tertiary/aromatic N) is 3. The summed E-state index contributed by atoms with van der Waals surface area (Å²) >= 11 is 5.92. The zero-order valence-electron chi connectivity index (χ0n) is 11.3. The van der Waals surface area contributed by atoms with Crippen LogP contribution >= 0.6 is 11.6 Å². The molecular formula is C14H19ClN4O. The first-order valence-corrected chi connectivity index (χ1v) is 7.51. The van der Waals surface area contributed by atoms with Crippen LogP contribution in [0.2, 0.25) is 5.02 Å². The average Bonchev–Trinajstić information content (AvgIpc) is 2.70. The highest BCUT2D eigenvalue weighted by atomic mass is 35.5. The van der Waals surface area contributed by atoms with Gasteiger partial charge in [-0.2, -0.15) is 4.98 Å². The number of aromatic nitrogens is 3. The summed E-state index contributed by atoms with van der Waals surface area (Å²) in [4.78, 5) is 4.36. The van der Waals surface area contributed by atoms with Crippen LogP contribution in [-0.4, -0.2) is 31.9 Å². The van der Waals surface area contributed by atoms with Gasteiger partial charge in [0, 0.05) is 12.7 Å². The van der Waals surface area contributed by atoms with Crippen LogP contribution in [0.3, 0.4) is 0 Å². The van der Waals surface area contributed by atoms with Crippen molar-refractivity contribution < 1.29 is 5.11 Å². The van der Waals surface area contributed by atoms with Crippen molar-refractivity contribution in [1.29, 1.82) is 0 Å². The molecule has 1 saturated carbocycles. The number of rotatable bonds is 3. The van der Waals surface area contributed by atoms with Crippen molar-refractivity contribution >= 4 is 23.2 Å². The molecule has 3 rings (SSSR count). The van der Waals surface area contributed by atoms with Crippen LogP contribution in [0.15, 0.2) is 18.3 Å².